The Bertz CT molecular complexity index is 327. The van der Waals surface area contributed by atoms with Crippen molar-refractivity contribution in [1.82, 2.24) is 4.98 Å². The van der Waals surface area contributed by atoms with Crippen molar-refractivity contribution in [3.05, 3.63) is 18.0 Å². The highest BCUT2D eigenvalue weighted by Gasteiger charge is 2.10. The van der Waals surface area contributed by atoms with Crippen LogP contribution in [-0.4, -0.2) is 23.6 Å². The van der Waals surface area contributed by atoms with Crippen LogP contribution < -0.4 is 4.74 Å². The van der Waals surface area contributed by atoms with E-state index >= 15 is 0 Å². The number of hydrogen-bond donors (Lipinski definition) is 0. The Balaban J connectivity index is 2.37. The maximum atomic E-state index is 10.5. The molecule has 0 saturated carbocycles. The molecule has 1 aromatic heterocycles. The molecule has 2 rings (SSSR count). The fourth-order valence-electron chi connectivity index (χ4n) is 1.15. The van der Waals surface area contributed by atoms with Crippen molar-refractivity contribution in [1.29, 1.82) is 0 Å². The van der Waals surface area contributed by atoms with Gasteiger partial charge in [0.1, 0.15) is 5.69 Å². The Labute approximate surface area is 80.5 Å². The number of nitrogens with zero attached hydrogens (tertiary/aromatic N) is 1. The lowest BCUT2D eigenvalue weighted by atomic mass is 10.3. The molecule has 0 spiro atoms. The highest BCUT2D eigenvalue weighted by molar-refractivity contribution is 7.99. The first-order valence-corrected chi connectivity index (χ1v) is 5.09. The normalized spacial score (nSPS) is 15.4. The van der Waals surface area contributed by atoms with E-state index in [2.05, 4.69) is 4.98 Å². The largest absolute Gasteiger partial charge is 0.491 e. The summed E-state index contributed by atoms with van der Waals surface area (Å²) < 4.78 is 5.45. The van der Waals surface area contributed by atoms with Gasteiger partial charge in [0.2, 0.25) is 0 Å². The maximum absolute atomic E-state index is 10.5. The summed E-state index contributed by atoms with van der Waals surface area (Å²) >= 11 is 1.72. The topological polar surface area (TPSA) is 39.2 Å². The van der Waals surface area contributed by atoms with Gasteiger partial charge in [0, 0.05) is 5.75 Å². The van der Waals surface area contributed by atoms with Gasteiger partial charge < -0.3 is 4.74 Å². The number of pyridine rings is 1. The average Bonchev–Trinajstić information content (AvgIpc) is 2.41. The monoisotopic (exact) mass is 195 g/mol. The summed E-state index contributed by atoms with van der Waals surface area (Å²) in [4.78, 5) is 15.4. The van der Waals surface area contributed by atoms with Gasteiger partial charge in [-0.3, -0.25) is 4.79 Å². The number of hydrogen-bond acceptors (Lipinski definition) is 4. The minimum absolute atomic E-state index is 0.469. The standard InChI is InChI=1S/C9H9NO2S/c11-6-7-4-9-8(5-10-7)12-2-1-3-13-9/h4-6H,1-3H2. The van der Waals surface area contributed by atoms with Crippen molar-refractivity contribution in [2.24, 2.45) is 0 Å². The lowest BCUT2D eigenvalue weighted by molar-refractivity contribution is 0.111. The first kappa shape index (κ1) is 8.56. The average molecular weight is 195 g/mol. The van der Waals surface area contributed by atoms with Crippen molar-refractivity contribution < 1.29 is 9.53 Å². The van der Waals surface area contributed by atoms with Gasteiger partial charge in [-0.1, -0.05) is 0 Å². The number of aromatic nitrogens is 1. The predicted octanol–water partition coefficient (Wildman–Crippen LogP) is 1.77. The zero-order chi connectivity index (χ0) is 9.10. The highest BCUT2D eigenvalue weighted by Crippen LogP contribution is 2.31. The van der Waals surface area contributed by atoms with Crippen LogP contribution in [0.2, 0.25) is 0 Å². The molecular weight excluding hydrogens is 186 g/mol. The Hall–Kier alpha value is -1.03. The van der Waals surface area contributed by atoms with Crippen molar-refractivity contribution >= 4 is 18.0 Å². The SMILES string of the molecule is O=Cc1cc2c(cn1)OCCCS2. The van der Waals surface area contributed by atoms with Gasteiger partial charge in [0.25, 0.3) is 0 Å². The lowest BCUT2D eigenvalue weighted by Crippen LogP contribution is -1.96. The number of thioether (sulfide) groups is 1. The van der Waals surface area contributed by atoms with Crippen LogP contribution in [0.1, 0.15) is 16.9 Å². The van der Waals surface area contributed by atoms with E-state index in [0.29, 0.717) is 5.69 Å². The van der Waals surface area contributed by atoms with E-state index in [4.69, 9.17) is 4.74 Å². The van der Waals surface area contributed by atoms with Crippen LogP contribution in [0.15, 0.2) is 17.2 Å². The second-order valence-corrected chi connectivity index (χ2v) is 3.86. The molecule has 0 atom stereocenters. The zero-order valence-electron chi connectivity index (χ0n) is 7.03. The summed E-state index contributed by atoms with van der Waals surface area (Å²) in [5.41, 5.74) is 0.469. The third-order valence-electron chi connectivity index (χ3n) is 1.78. The van der Waals surface area contributed by atoms with Crippen LogP contribution in [-0.2, 0) is 0 Å². The molecule has 1 aliphatic heterocycles. The summed E-state index contributed by atoms with van der Waals surface area (Å²) in [6.07, 6.45) is 3.42. The van der Waals surface area contributed by atoms with E-state index in [1.165, 1.54) is 0 Å². The third-order valence-corrected chi connectivity index (χ3v) is 2.90. The summed E-state index contributed by atoms with van der Waals surface area (Å²) in [7, 11) is 0. The second kappa shape index (κ2) is 3.79. The Kier molecular flexibility index (Phi) is 2.49. The summed E-state index contributed by atoms with van der Waals surface area (Å²) in [6, 6.07) is 1.78. The van der Waals surface area contributed by atoms with Gasteiger partial charge in [-0.15, -0.1) is 11.8 Å². The predicted molar refractivity (Wildman–Crippen MR) is 50.5 cm³/mol. The molecule has 0 unspecified atom stereocenters. The van der Waals surface area contributed by atoms with Gasteiger partial charge in [0.15, 0.2) is 12.0 Å². The Morgan fingerprint density at radius 1 is 1.62 bits per heavy atom. The first-order valence-electron chi connectivity index (χ1n) is 4.11. The Morgan fingerprint density at radius 3 is 3.38 bits per heavy atom. The maximum Gasteiger partial charge on any atom is 0.168 e. The molecule has 1 aliphatic rings. The molecule has 0 N–H and O–H groups in total. The number of aldehydes is 1. The molecule has 13 heavy (non-hydrogen) atoms. The van der Waals surface area contributed by atoms with E-state index in [9.17, 15) is 4.79 Å². The van der Waals surface area contributed by atoms with Gasteiger partial charge in [-0.05, 0) is 12.5 Å². The summed E-state index contributed by atoms with van der Waals surface area (Å²) in [5.74, 6) is 1.84. The quantitative estimate of drug-likeness (QED) is 0.640. The molecular formula is C9H9NO2S. The van der Waals surface area contributed by atoms with E-state index in [1.54, 1.807) is 24.0 Å². The molecule has 0 saturated heterocycles. The fourth-order valence-corrected chi connectivity index (χ4v) is 2.09. The number of carbonyl (C=O) groups excluding carboxylic acids is 1. The number of carbonyl (C=O) groups is 1. The van der Waals surface area contributed by atoms with Crippen molar-refractivity contribution in [3.63, 3.8) is 0 Å². The minimum atomic E-state index is 0.469. The minimum Gasteiger partial charge on any atom is -0.491 e. The molecule has 0 bridgehead atoms. The van der Waals surface area contributed by atoms with Crippen molar-refractivity contribution in [3.8, 4) is 5.75 Å². The zero-order valence-corrected chi connectivity index (χ0v) is 7.84. The Morgan fingerprint density at radius 2 is 2.54 bits per heavy atom. The molecule has 0 amide bonds. The molecule has 3 nitrogen and oxygen atoms in total. The molecule has 1 aromatic rings. The highest BCUT2D eigenvalue weighted by atomic mass is 32.2. The van der Waals surface area contributed by atoms with Crippen LogP contribution >= 0.6 is 11.8 Å². The van der Waals surface area contributed by atoms with E-state index in [1.807, 2.05) is 0 Å². The molecule has 0 aliphatic carbocycles. The van der Waals surface area contributed by atoms with Gasteiger partial charge in [-0.25, -0.2) is 4.98 Å². The summed E-state index contributed by atoms with van der Waals surface area (Å²) in [6.45, 7) is 0.738. The fraction of sp³-hybridized carbons (Fsp3) is 0.333. The molecule has 0 aromatic carbocycles. The molecule has 0 radical (unpaired) electrons. The van der Waals surface area contributed by atoms with Crippen molar-refractivity contribution in [2.45, 2.75) is 11.3 Å². The molecule has 68 valence electrons. The van der Waals surface area contributed by atoms with Gasteiger partial charge in [-0.2, -0.15) is 0 Å². The first-order chi connectivity index (χ1) is 6.40. The van der Waals surface area contributed by atoms with Crippen LogP contribution in [0.5, 0.6) is 5.75 Å². The van der Waals surface area contributed by atoms with Crippen LogP contribution in [0, 0.1) is 0 Å². The van der Waals surface area contributed by atoms with E-state index < -0.39 is 0 Å². The number of fused-ring (bicyclic) bond motifs is 1. The van der Waals surface area contributed by atoms with Crippen molar-refractivity contribution in [2.75, 3.05) is 12.4 Å². The molecule has 4 heteroatoms. The number of ether oxygens (including phenoxy) is 1. The second-order valence-electron chi connectivity index (χ2n) is 2.72. The molecule has 2 heterocycles. The smallest absolute Gasteiger partial charge is 0.168 e. The molecule has 0 fully saturated rings. The van der Waals surface area contributed by atoms with Crippen LogP contribution in [0.4, 0.5) is 0 Å². The van der Waals surface area contributed by atoms with Gasteiger partial charge in [0.05, 0.1) is 17.7 Å². The summed E-state index contributed by atoms with van der Waals surface area (Å²) in [5, 5.41) is 0. The lowest BCUT2D eigenvalue weighted by Gasteiger charge is -2.04. The van der Waals surface area contributed by atoms with Crippen LogP contribution in [0.25, 0.3) is 0 Å². The van der Waals surface area contributed by atoms with E-state index in [-0.39, 0.29) is 0 Å². The van der Waals surface area contributed by atoms with E-state index in [0.717, 1.165) is 35.7 Å². The third kappa shape index (κ3) is 1.83. The van der Waals surface area contributed by atoms with Gasteiger partial charge >= 0.3 is 0 Å². The van der Waals surface area contributed by atoms with Crippen LogP contribution in [0.3, 0.4) is 0 Å². The number of rotatable bonds is 1.